The minimum absolute atomic E-state index is 0.782. The van der Waals surface area contributed by atoms with Crippen LogP contribution in [0.2, 0.25) is 0 Å². The molecule has 1 aromatic carbocycles. The summed E-state index contributed by atoms with van der Waals surface area (Å²) in [6.07, 6.45) is 4.81. The highest BCUT2D eigenvalue weighted by Crippen LogP contribution is 2.22. The fourth-order valence-electron chi connectivity index (χ4n) is 1.73. The normalized spacial score (nSPS) is 10.6. The van der Waals surface area contributed by atoms with E-state index in [2.05, 4.69) is 27.3 Å². The van der Waals surface area contributed by atoms with Gasteiger partial charge in [0.05, 0.1) is 7.11 Å². The fraction of sp³-hybridized carbons (Fsp3) is 0.571. The maximum atomic E-state index is 5.63. The number of unbranched alkanes of at least 4 members (excludes halogenated alkanes) is 3. The Labute approximate surface area is 123 Å². The lowest BCUT2D eigenvalue weighted by atomic mass is 10.2. The van der Waals surface area contributed by atoms with Gasteiger partial charge in [0.15, 0.2) is 0 Å². The van der Waals surface area contributed by atoms with E-state index in [1.807, 2.05) is 12.1 Å². The van der Waals surface area contributed by atoms with Crippen LogP contribution in [0.3, 0.4) is 0 Å². The second-order valence-electron chi connectivity index (χ2n) is 4.24. The van der Waals surface area contributed by atoms with E-state index in [0.717, 1.165) is 35.6 Å². The van der Waals surface area contributed by atoms with Gasteiger partial charge in [-0.25, -0.2) is 0 Å². The summed E-state index contributed by atoms with van der Waals surface area (Å²) in [6.45, 7) is 1.92. The third-order valence-corrected chi connectivity index (χ3v) is 3.85. The molecule has 0 aromatic heterocycles. The van der Waals surface area contributed by atoms with Crippen LogP contribution in [0.1, 0.15) is 31.2 Å². The largest absolute Gasteiger partial charge is 0.497 e. The zero-order valence-electron chi connectivity index (χ0n) is 10.8. The van der Waals surface area contributed by atoms with Crippen LogP contribution in [0.15, 0.2) is 22.7 Å². The number of hydrogen-bond donors (Lipinski definition) is 1. The summed E-state index contributed by atoms with van der Waals surface area (Å²) < 4.78 is 6.34. The highest BCUT2D eigenvalue weighted by atomic mass is 79.9. The van der Waals surface area contributed by atoms with Crippen LogP contribution in [0.4, 0.5) is 0 Å². The average Bonchev–Trinajstić information content (AvgIpc) is 2.39. The second-order valence-corrected chi connectivity index (χ2v) is 5.47. The molecule has 0 spiro atoms. The third kappa shape index (κ3) is 6.07. The monoisotopic (exact) mass is 333 g/mol. The smallest absolute Gasteiger partial charge is 0.119 e. The quantitative estimate of drug-likeness (QED) is 0.535. The number of hydrogen-bond acceptors (Lipinski definition) is 2. The van der Waals surface area contributed by atoms with Crippen molar-refractivity contribution in [1.82, 2.24) is 5.32 Å². The van der Waals surface area contributed by atoms with E-state index in [0.29, 0.717) is 0 Å². The average molecular weight is 335 g/mol. The molecule has 0 aliphatic carbocycles. The van der Waals surface area contributed by atoms with Crippen LogP contribution in [0.5, 0.6) is 5.75 Å². The van der Waals surface area contributed by atoms with E-state index in [9.17, 15) is 0 Å². The van der Waals surface area contributed by atoms with Crippen molar-refractivity contribution in [2.45, 2.75) is 32.2 Å². The number of alkyl halides is 1. The number of halogens is 2. The van der Waals surface area contributed by atoms with Crippen LogP contribution in [0, 0.1) is 0 Å². The minimum atomic E-state index is 0.782. The van der Waals surface area contributed by atoms with Crippen molar-refractivity contribution in [3.63, 3.8) is 0 Å². The van der Waals surface area contributed by atoms with Crippen molar-refractivity contribution < 1.29 is 4.74 Å². The molecular formula is C14H21BrClNO. The van der Waals surface area contributed by atoms with E-state index in [1.165, 1.54) is 24.8 Å². The van der Waals surface area contributed by atoms with Gasteiger partial charge in [0.2, 0.25) is 0 Å². The van der Waals surface area contributed by atoms with E-state index < -0.39 is 0 Å². The summed E-state index contributed by atoms with van der Waals surface area (Å²) in [6, 6.07) is 6.04. The fourth-order valence-corrected chi connectivity index (χ4v) is 2.31. The topological polar surface area (TPSA) is 21.3 Å². The van der Waals surface area contributed by atoms with Crippen LogP contribution in [-0.4, -0.2) is 19.5 Å². The summed E-state index contributed by atoms with van der Waals surface area (Å²) >= 11 is 9.19. The standard InChI is InChI=1S/C14H21BrClNO/c1-18-13-6-7-14(15)12(10-13)11-17-9-5-3-2-4-8-16/h6-7,10,17H,2-5,8-9,11H2,1H3. The Morgan fingerprint density at radius 1 is 1.22 bits per heavy atom. The van der Waals surface area contributed by atoms with Gasteiger partial charge in [0.1, 0.15) is 5.75 Å². The number of nitrogens with one attached hydrogen (secondary N) is 1. The molecule has 0 aliphatic rings. The lowest BCUT2D eigenvalue weighted by Gasteiger charge is -2.08. The highest BCUT2D eigenvalue weighted by Gasteiger charge is 2.01. The summed E-state index contributed by atoms with van der Waals surface area (Å²) in [5.41, 5.74) is 1.23. The van der Waals surface area contributed by atoms with E-state index in [-0.39, 0.29) is 0 Å². The van der Waals surface area contributed by atoms with Gasteiger partial charge in [0, 0.05) is 16.9 Å². The third-order valence-electron chi connectivity index (χ3n) is 2.81. The predicted octanol–water partition coefficient (Wildman–Crippen LogP) is 4.35. The Balaban J connectivity index is 2.22. The first-order valence-electron chi connectivity index (χ1n) is 6.37. The van der Waals surface area contributed by atoms with Crippen molar-refractivity contribution in [3.05, 3.63) is 28.2 Å². The summed E-state index contributed by atoms with van der Waals surface area (Å²) in [4.78, 5) is 0. The molecule has 0 saturated carbocycles. The molecule has 4 heteroatoms. The molecule has 1 rings (SSSR count). The van der Waals surface area contributed by atoms with Crippen molar-refractivity contribution in [2.75, 3.05) is 19.5 Å². The van der Waals surface area contributed by atoms with Crippen molar-refractivity contribution in [1.29, 1.82) is 0 Å². The molecule has 0 radical (unpaired) electrons. The summed E-state index contributed by atoms with van der Waals surface area (Å²) in [7, 11) is 1.69. The van der Waals surface area contributed by atoms with Gasteiger partial charge >= 0.3 is 0 Å². The van der Waals surface area contributed by atoms with Crippen molar-refractivity contribution >= 4 is 27.5 Å². The Morgan fingerprint density at radius 2 is 2.00 bits per heavy atom. The van der Waals surface area contributed by atoms with Crippen LogP contribution in [-0.2, 0) is 6.54 Å². The minimum Gasteiger partial charge on any atom is -0.497 e. The van der Waals surface area contributed by atoms with E-state index >= 15 is 0 Å². The zero-order valence-corrected chi connectivity index (χ0v) is 13.2. The number of rotatable bonds is 9. The molecule has 0 unspecified atom stereocenters. The molecule has 2 nitrogen and oxygen atoms in total. The Kier molecular flexibility index (Phi) is 8.47. The Morgan fingerprint density at radius 3 is 2.72 bits per heavy atom. The molecule has 0 bridgehead atoms. The molecule has 0 atom stereocenters. The predicted molar refractivity (Wildman–Crippen MR) is 81.6 cm³/mol. The van der Waals surface area contributed by atoms with Gasteiger partial charge in [-0.1, -0.05) is 28.8 Å². The van der Waals surface area contributed by atoms with Gasteiger partial charge in [-0.15, -0.1) is 11.6 Å². The van der Waals surface area contributed by atoms with Gasteiger partial charge < -0.3 is 10.1 Å². The molecule has 1 N–H and O–H groups in total. The molecule has 0 saturated heterocycles. The molecule has 0 fully saturated rings. The summed E-state index contributed by atoms with van der Waals surface area (Å²) in [5.74, 6) is 1.68. The van der Waals surface area contributed by atoms with Crippen LogP contribution in [0.25, 0.3) is 0 Å². The molecule has 0 heterocycles. The Hall–Kier alpha value is -0.250. The lowest BCUT2D eigenvalue weighted by molar-refractivity contribution is 0.414. The van der Waals surface area contributed by atoms with E-state index in [1.54, 1.807) is 7.11 Å². The van der Waals surface area contributed by atoms with Gasteiger partial charge in [-0.2, -0.15) is 0 Å². The lowest BCUT2D eigenvalue weighted by Crippen LogP contribution is -2.15. The van der Waals surface area contributed by atoms with Gasteiger partial charge in [-0.3, -0.25) is 0 Å². The van der Waals surface area contributed by atoms with Crippen LogP contribution >= 0.6 is 27.5 Å². The first kappa shape index (κ1) is 15.8. The Bertz CT molecular complexity index is 347. The molecule has 102 valence electrons. The molecule has 0 amide bonds. The van der Waals surface area contributed by atoms with Crippen molar-refractivity contribution in [2.24, 2.45) is 0 Å². The first-order chi connectivity index (χ1) is 8.77. The maximum Gasteiger partial charge on any atom is 0.119 e. The SMILES string of the molecule is COc1ccc(Br)c(CNCCCCCCCl)c1. The maximum absolute atomic E-state index is 5.63. The van der Waals surface area contributed by atoms with Crippen LogP contribution < -0.4 is 10.1 Å². The van der Waals surface area contributed by atoms with Gasteiger partial charge in [-0.05, 0) is 43.1 Å². The molecule has 0 aliphatic heterocycles. The first-order valence-corrected chi connectivity index (χ1v) is 7.69. The van der Waals surface area contributed by atoms with E-state index in [4.69, 9.17) is 16.3 Å². The molecular weight excluding hydrogens is 314 g/mol. The number of benzene rings is 1. The molecule has 1 aromatic rings. The number of methoxy groups -OCH3 is 1. The number of ether oxygens (including phenoxy) is 1. The summed E-state index contributed by atoms with van der Waals surface area (Å²) in [5, 5.41) is 3.45. The molecule has 18 heavy (non-hydrogen) atoms. The van der Waals surface area contributed by atoms with Crippen molar-refractivity contribution in [3.8, 4) is 5.75 Å². The second kappa shape index (κ2) is 9.65. The highest BCUT2D eigenvalue weighted by molar-refractivity contribution is 9.10. The van der Waals surface area contributed by atoms with Gasteiger partial charge in [0.25, 0.3) is 0 Å². The zero-order chi connectivity index (χ0) is 13.2.